The molecule has 1 nitrogen and oxygen atoms in total. The Kier molecular flexibility index (Phi) is 3.32. The summed E-state index contributed by atoms with van der Waals surface area (Å²) >= 11 is 11.4. The Morgan fingerprint density at radius 2 is 1.50 bits per heavy atom. The average Bonchev–Trinajstić information content (AvgIpc) is 2.30. The van der Waals surface area contributed by atoms with E-state index < -0.39 is 0 Å². The van der Waals surface area contributed by atoms with Gasteiger partial charge in [-0.3, -0.25) is 0 Å². The van der Waals surface area contributed by atoms with Gasteiger partial charge in [0.1, 0.15) is 5.82 Å². The number of benzene rings is 2. The van der Waals surface area contributed by atoms with Crippen molar-refractivity contribution in [2.75, 3.05) is 3.94 Å². The van der Waals surface area contributed by atoms with E-state index in [1.807, 2.05) is 18.2 Å². The SMILES string of the molecule is Fc1ccc(-c2ccccc2N(Cl)Cl)cc1. The first-order valence-electron chi connectivity index (χ1n) is 4.65. The molecule has 4 heteroatoms. The Morgan fingerprint density at radius 1 is 0.875 bits per heavy atom. The first-order chi connectivity index (χ1) is 7.68. The molecule has 2 aromatic carbocycles. The van der Waals surface area contributed by atoms with Gasteiger partial charge in [-0.2, -0.15) is 3.94 Å². The van der Waals surface area contributed by atoms with Gasteiger partial charge < -0.3 is 0 Å². The summed E-state index contributed by atoms with van der Waals surface area (Å²) in [7, 11) is 0. The molecule has 0 saturated heterocycles. The molecule has 0 amide bonds. The number of rotatable bonds is 2. The topological polar surface area (TPSA) is 3.24 Å². The minimum absolute atomic E-state index is 0.269. The van der Waals surface area contributed by atoms with Gasteiger partial charge in [0, 0.05) is 29.1 Å². The normalized spacial score (nSPS) is 10.2. The lowest BCUT2D eigenvalue weighted by Gasteiger charge is -2.11. The van der Waals surface area contributed by atoms with Crippen LogP contribution in [0.5, 0.6) is 0 Å². The van der Waals surface area contributed by atoms with Crippen LogP contribution in [0.15, 0.2) is 48.5 Å². The maximum absolute atomic E-state index is 12.8. The molecule has 2 rings (SSSR count). The molecule has 0 aliphatic carbocycles. The van der Waals surface area contributed by atoms with Crippen molar-refractivity contribution in [3.05, 3.63) is 54.3 Å². The zero-order valence-electron chi connectivity index (χ0n) is 8.20. The van der Waals surface area contributed by atoms with Gasteiger partial charge in [-0.1, -0.05) is 30.3 Å². The first kappa shape index (κ1) is 11.2. The highest BCUT2D eigenvalue weighted by molar-refractivity contribution is 6.49. The zero-order valence-corrected chi connectivity index (χ0v) is 9.71. The molecule has 16 heavy (non-hydrogen) atoms. The average molecular weight is 256 g/mol. The predicted octanol–water partition coefficient (Wildman–Crippen LogP) is 4.61. The summed E-state index contributed by atoms with van der Waals surface area (Å²) in [5.41, 5.74) is 2.38. The second kappa shape index (κ2) is 4.73. The van der Waals surface area contributed by atoms with E-state index in [1.54, 1.807) is 18.2 Å². The van der Waals surface area contributed by atoms with Crippen molar-refractivity contribution in [2.45, 2.75) is 0 Å². The molecule has 0 N–H and O–H groups in total. The molecule has 0 aliphatic rings. The Labute approximate surface area is 103 Å². The fourth-order valence-corrected chi connectivity index (χ4v) is 1.79. The third kappa shape index (κ3) is 2.29. The second-order valence-corrected chi connectivity index (χ2v) is 4.11. The zero-order chi connectivity index (χ0) is 11.5. The Balaban J connectivity index is 2.51. The number of anilines is 1. The predicted molar refractivity (Wildman–Crippen MR) is 66.0 cm³/mol. The summed E-state index contributed by atoms with van der Waals surface area (Å²) in [6.07, 6.45) is 0. The monoisotopic (exact) mass is 255 g/mol. The van der Waals surface area contributed by atoms with E-state index in [-0.39, 0.29) is 5.82 Å². The molecule has 82 valence electrons. The summed E-state index contributed by atoms with van der Waals surface area (Å²) < 4.78 is 13.8. The van der Waals surface area contributed by atoms with Crippen LogP contribution < -0.4 is 3.94 Å². The lowest BCUT2D eigenvalue weighted by atomic mass is 10.0. The van der Waals surface area contributed by atoms with Crippen molar-refractivity contribution < 1.29 is 4.39 Å². The van der Waals surface area contributed by atoms with Gasteiger partial charge in [-0.15, -0.1) is 0 Å². The van der Waals surface area contributed by atoms with Gasteiger partial charge in [-0.25, -0.2) is 4.39 Å². The molecule has 0 spiro atoms. The largest absolute Gasteiger partial charge is 0.207 e. The molecular formula is C12H8Cl2FN. The van der Waals surface area contributed by atoms with Crippen LogP contribution in [0.25, 0.3) is 11.1 Å². The van der Waals surface area contributed by atoms with E-state index in [1.165, 1.54) is 12.1 Å². The van der Waals surface area contributed by atoms with Gasteiger partial charge >= 0.3 is 0 Å². The maximum atomic E-state index is 12.8. The lowest BCUT2D eigenvalue weighted by Crippen LogP contribution is -1.94. The molecule has 0 atom stereocenters. The van der Waals surface area contributed by atoms with Crippen molar-refractivity contribution in [1.82, 2.24) is 0 Å². The van der Waals surface area contributed by atoms with E-state index in [4.69, 9.17) is 23.6 Å². The molecule has 0 unspecified atom stereocenters. The molecule has 0 heterocycles. The highest BCUT2D eigenvalue weighted by Crippen LogP contribution is 2.32. The summed E-state index contributed by atoms with van der Waals surface area (Å²) in [6, 6.07) is 13.5. The number of hydrogen-bond donors (Lipinski definition) is 0. The smallest absolute Gasteiger partial charge is 0.123 e. The van der Waals surface area contributed by atoms with Crippen molar-refractivity contribution in [3.63, 3.8) is 0 Å². The Morgan fingerprint density at radius 3 is 2.12 bits per heavy atom. The number of para-hydroxylation sites is 1. The number of halogens is 3. The quantitative estimate of drug-likeness (QED) is 0.709. The summed E-state index contributed by atoms with van der Waals surface area (Å²) in [4.78, 5) is 0. The van der Waals surface area contributed by atoms with Crippen LogP contribution in [0.4, 0.5) is 10.1 Å². The fourth-order valence-electron chi connectivity index (χ4n) is 1.49. The molecule has 0 aliphatic heterocycles. The molecule has 0 bridgehead atoms. The van der Waals surface area contributed by atoms with Crippen LogP contribution in [0.1, 0.15) is 0 Å². The van der Waals surface area contributed by atoms with Crippen molar-refractivity contribution in [2.24, 2.45) is 0 Å². The van der Waals surface area contributed by atoms with Crippen LogP contribution in [0.2, 0.25) is 0 Å². The van der Waals surface area contributed by atoms with Crippen molar-refractivity contribution in [1.29, 1.82) is 0 Å². The van der Waals surface area contributed by atoms with Crippen LogP contribution >= 0.6 is 23.6 Å². The van der Waals surface area contributed by atoms with E-state index in [0.29, 0.717) is 5.69 Å². The van der Waals surface area contributed by atoms with E-state index in [2.05, 4.69) is 0 Å². The fraction of sp³-hybridized carbons (Fsp3) is 0. The summed E-state index contributed by atoms with van der Waals surface area (Å²) in [5, 5.41) is 0. The highest BCUT2D eigenvalue weighted by Gasteiger charge is 2.08. The van der Waals surface area contributed by atoms with Gasteiger partial charge in [0.15, 0.2) is 0 Å². The van der Waals surface area contributed by atoms with Crippen molar-refractivity contribution in [3.8, 4) is 11.1 Å². The van der Waals surface area contributed by atoms with Gasteiger partial charge in [0.25, 0.3) is 0 Å². The van der Waals surface area contributed by atoms with Crippen LogP contribution in [0.3, 0.4) is 0 Å². The number of nitrogens with zero attached hydrogens (tertiary/aromatic N) is 1. The Hall–Kier alpha value is -1.25. The molecule has 0 saturated carbocycles. The minimum Gasteiger partial charge on any atom is -0.207 e. The second-order valence-electron chi connectivity index (χ2n) is 3.26. The molecule has 0 aromatic heterocycles. The Bertz CT molecular complexity index is 483. The van der Waals surface area contributed by atoms with Gasteiger partial charge in [0.2, 0.25) is 0 Å². The van der Waals surface area contributed by atoms with E-state index in [0.717, 1.165) is 15.1 Å². The molecule has 0 fully saturated rings. The lowest BCUT2D eigenvalue weighted by molar-refractivity contribution is 0.628. The molecule has 0 radical (unpaired) electrons. The standard InChI is InChI=1S/C12H8Cl2FN/c13-16(14)12-4-2-1-3-11(12)9-5-7-10(15)8-6-9/h1-8H. The van der Waals surface area contributed by atoms with Crippen molar-refractivity contribution >= 4 is 29.2 Å². The third-order valence-corrected chi connectivity index (χ3v) is 2.61. The number of hydrogen-bond acceptors (Lipinski definition) is 1. The van der Waals surface area contributed by atoms with Crippen LogP contribution in [-0.2, 0) is 0 Å². The minimum atomic E-state index is -0.269. The molecular weight excluding hydrogens is 248 g/mol. The van der Waals surface area contributed by atoms with Crippen LogP contribution in [0, 0.1) is 5.82 Å². The third-order valence-electron chi connectivity index (χ3n) is 2.24. The van der Waals surface area contributed by atoms with Gasteiger partial charge in [0.05, 0.1) is 5.69 Å². The van der Waals surface area contributed by atoms with Gasteiger partial charge in [-0.05, 0) is 23.8 Å². The summed E-state index contributed by atoms with van der Waals surface area (Å²) in [5.74, 6) is -0.269. The maximum Gasteiger partial charge on any atom is 0.123 e. The first-order valence-corrected chi connectivity index (χ1v) is 5.33. The van der Waals surface area contributed by atoms with E-state index >= 15 is 0 Å². The highest BCUT2D eigenvalue weighted by atomic mass is 35.5. The summed E-state index contributed by atoms with van der Waals surface area (Å²) in [6.45, 7) is 0. The molecule has 2 aromatic rings. The van der Waals surface area contributed by atoms with E-state index in [9.17, 15) is 4.39 Å². The van der Waals surface area contributed by atoms with Crippen LogP contribution in [-0.4, -0.2) is 0 Å².